The zero-order chi connectivity index (χ0) is 29.8. The number of hydrogen-bond acceptors (Lipinski definition) is 15. The molecule has 20 heteroatoms. The van der Waals surface area contributed by atoms with Crippen LogP contribution in [-0.2, 0) is 31.1 Å². The highest BCUT2D eigenvalue weighted by atomic mass is 32.2. The molecule has 218 valence electrons. The molecular formula is C22H21N11O6S3. The molecular weight excluding hydrogens is 611 g/mol. The van der Waals surface area contributed by atoms with Crippen molar-refractivity contribution in [2.24, 2.45) is 12.2 Å². The predicted molar refractivity (Wildman–Crippen MR) is 151 cm³/mol. The topological polar surface area (TPSA) is 233 Å². The lowest BCUT2D eigenvalue weighted by Gasteiger charge is -2.49. The van der Waals surface area contributed by atoms with Crippen molar-refractivity contribution in [2.45, 2.75) is 16.6 Å². The molecule has 42 heavy (non-hydrogen) atoms. The van der Waals surface area contributed by atoms with E-state index in [2.05, 4.69) is 41.3 Å². The first-order valence-electron chi connectivity index (χ1n) is 11.9. The number of pyridine rings is 1. The summed E-state index contributed by atoms with van der Waals surface area (Å²) in [6, 6.07) is 2.24. The molecule has 2 atom stereocenters. The molecule has 3 amide bonds. The lowest BCUT2D eigenvalue weighted by Crippen LogP contribution is -2.71. The fraction of sp³-hybridized carbons (Fsp3) is 0.273. The van der Waals surface area contributed by atoms with Crippen LogP contribution in [0.1, 0.15) is 5.69 Å². The normalized spacial score (nSPS) is 18.3. The second-order valence-electron chi connectivity index (χ2n) is 8.57. The van der Waals surface area contributed by atoms with E-state index in [-0.39, 0.29) is 28.0 Å². The lowest BCUT2D eigenvalue weighted by atomic mass is 10.0. The summed E-state index contributed by atoms with van der Waals surface area (Å²) < 4.78 is 1.46. The Morgan fingerprint density at radius 2 is 2.19 bits per heavy atom. The second-order valence-corrected chi connectivity index (χ2v) is 11.5. The fourth-order valence-corrected chi connectivity index (χ4v) is 6.77. The highest BCUT2D eigenvalue weighted by Gasteiger charge is 2.54. The van der Waals surface area contributed by atoms with Crippen LogP contribution in [0.4, 0.5) is 10.8 Å². The summed E-state index contributed by atoms with van der Waals surface area (Å²) in [6.45, 7) is -0.530. The molecule has 17 nitrogen and oxygen atoms in total. The Morgan fingerprint density at radius 1 is 1.36 bits per heavy atom. The lowest BCUT2D eigenvalue weighted by molar-refractivity contribution is -0.150. The van der Waals surface area contributed by atoms with Crippen LogP contribution >= 0.6 is 34.9 Å². The number of aliphatic carboxylic acids is 1. The number of hydrogen-bond donors (Lipinski definition) is 4. The van der Waals surface area contributed by atoms with Gasteiger partial charge < -0.3 is 26.3 Å². The van der Waals surface area contributed by atoms with Gasteiger partial charge in [-0.15, -0.1) is 28.2 Å². The van der Waals surface area contributed by atoms with Crippen molar-refractivity contribution >= 4 is 75.1 Å². The van der Waals surface area contributed by atoms with Gasteiger partial charge in [-0.3, -0.25) is 24.3 Å². The number of tetrazole rings is 1. The summed E-state index contributed by atoms with van der Waals surface area (Å²) in [5, 5.41) is 31.5. The van der Waals surface area contributed by atoms with E-state index in [0.29, 0.717) is 22.2 Å². The van der Waals surface area contributed by atoms with Crippen molar-refractivity contribution in [2.75, 3.05) is 29.2 Å². The minimum Gasteiger partial charge on any atom is -0.477 e. The number of nitrogens with one attached hydrogen (secondary N) is 2. The monoisotopic (exact) mass is 631 g/mol. The quantitative estimate of drug-likeness (QED) is 0.0907. The molecule has 2 aliphatic rings. The van der Waals surface area contributed by atoms with E-state index in [0.717, 1.165) is 16.2 Å². The van der Waals surface area contributed by atoms with Crippen LogP contribution in [0.3, 0.4) is 0 Å². The molecule has 0 radical (unpaired) electrons. The van der Waals surface area contributed by atoms with Gasteiger partial charge in [-0.2, -0.15) is 0 Å². The number of nitrogen functional groups attached to an aromatic ring is 1. The Balaban J connectivity index is 1.26. The van der Waals surface area contributed by atoms with Gasteiger partial charge in [-0.25, -0.2) is 14.5 Å². The number of nitrogens with zero attached hydrogens (tertiary/aromatic N) is 8. The van der Waals surface area contributed by atoms with Crippen molar-refractivity contribution in [3.63, 3.8) is 0 Å². The molecule has 0 aromatic carbocycles. The van der Waals surface area contributed by atoms with Crippen molar-refractivity contribution in [3.8, 4) is 0 Å². The number of β-lactam (4-membered cyclic amide) rings is 1. The number of carboxylic acids is 1. The Morgan fingerprint density at radius 3 is 2.86 bits per heavy atom. The molecule has 3 aromatic heterocycles. The minimum atomic E-state index is -1.26. The Kier molecular flexibility index (Phi) is 8.64. The first kappa shape index (κ1) is 29.0. The van der Waals surface area contributed by atoms with E-state index in [1.54, 1.807) is 25.4 Å². The van der Waals surface area contributed by atoms with Crippen molar-refractivity contribution in [3.05, 3.63) is 46.9 Å². The average Bonchev–Trinajstić information content (AvgIpc) is 3.59. The number of thiazole rings is 1. The van der Waals surface area contributed by atoms with E-state index in [4.69, 9.17) is 10.6 Å². The Labute approximate surface area is 249 Å². The minimum absolute atomic E-state index is 0.0753. The van der Waals surface area contributed by atoms with Gasteiger partial charge in [0.05, 0.1) is 11.9 Å². The van der Waals surface area contributed by atoms with Crippen molar-refractivity contribution < 1.29 is 29.1 Å². The summed E-state index contributed by atoms with van der Waals surface area (Å²) in [6.07, 6.45) is 3.00. The van der Waals surface area contributed by atoms with E-state index in [1.165, 1.54) is 39.8 Å². The molecule has 1 unspecified atom stereocenters. The number of amides is 3. The number of carbonyl (C=O) groups is 4. The van der Waals surface area contributed by atoms with Gasteiger partial charge in [0, 0.05) is 30.1 Å². The third-order valence-corrected chi connectivity index (χ3v) is 8.88. The molecule has 0 bridgehead atoms. The maximum absolute atomic E-state index is 13.2. The number of rotatable bonds is 11. The number of aryl methyl sites for hydroxylation is 1. The highest BCUT2D eigenvalue weighted by Crippen LogP contribution is 2.41. The summed E-state index contributed by atoms with van der Waals surface area (Å²) in [5.74, 6) is -2.67. The van der Waals surface area contributed by atoms with Crippen LogP contribution in [-0.4, -0.2) is 99.1 Å². The summed E-state index contributed by atoms with van der Waals surface area (Å²) in [4.78, 5) is 64.9. The molecule has 5 N–H and O–H groups in total. The molecule has 0 aliphatic carbocycles. The third-order valence-electron chi connectivity index (χ3n) is 5.77. The number of fused-ring (bicyclic) bond motifs is 1. The number of nitrogens with two attached hydrogens (primary N) is 1. The molecule has 2 aliphatic heterocycles. The maximum atomic E-state index is 13.2. The van der Waals surface area contributed by atoms with Crippen LogP contribution in [0, 0.1) is 0 Å². The Bertz CT molecular complexity index is 1590. The molecule has 5 heterocycles. The van der Waals surface area contributed by atoms with Crippen molar-refractivity contribution in [1.29, 1.82) is 0 Å². The smallest absolute Gasteiger partial charge is 0.352 e. The van der Waals surface area contributed by atoms with E-state index < -0.39 is 41.7 Å². The van der Waals surface area contributed by atoms with Gasteiger partial charge >= 0.3 is 5.97 Å². The molecule has 0 spiro atoms. The van der Waals surface area contributed by atoms with Gasteiger partial charge in [-0.1, -0.05) is 16.9 Å². The largest absolute Gasteiger partial charge is 0.477 e. The Hall–Kier alpha value is -4.56. The van der Waals surface area contributed by atoms with Crippen LogP contribution in [0.15, 0.2) is 51.5 Å². The zero-order valence-electron chi connectivity index (χ0n) is 21.5. The molecule has 1 fully saturated rings. The number of thioether (sulfide) groups is 2. The molecule has 5 rings (SSSR count). The number of carboxylic acid groups (broad SMARTS) is 1. The predicted octanol–water partition coefficient (Wildman–Crippen LogP) is -0.466. The van der Waals surface area contributed by atoms with Crippen LogP contribution < -0.4 is 16.4 Å². The molecule has 0 saturated carbocycles. The second kappa shape index (κ2) is 12.5. The van der Waals surface area contributed by atoms with E-state index >= 15 is 0 Å². The SMILES string of the molecule is Cn1nnnc1SCC1=C(C(=O)O)N2C(=O)C(NC(=O)C(=NOCC(=O)Nc3cccnc3)c3csc(N)n3)[C@H]2SC1. The first-order chi connectivity index (χ1) is 20.2. The number of aromatic nitrogens is 6. The number of oxime groups is 1. The van der Waals surface area contributed by atoms with Gasteiger partial charge in [0.1, 0.15) is 22.8 Å². The summed E-state index contributed by atoms with van der Waals surface area (Å²) in [7, 11) is 1.66. The molecule has 1 saturated heterocycles. The average molecular weight is 632 g/mol. The highest BCUT2D eigenvalue weighted by molar-refractivity contribution is 8.01. The summed E-state index contributed by atoms with van der Waals surface area (Å²) in [5.41, 5.74) is 6.31. The zero-order valence-corrected chi connectivity index (χ0v) is 24.0. The van der Waals surface area contributed by atoms with Crippen LogP contribution in [0.2, 0.25) is 0 Å². The van der Waals surface area contributed by atoms with Gasteiger partial charge in [-0.05, 0) is 28.1 Å². The standard InChI is InChI=1S/C22H21N11O6S3/c1-32-22(28-30-31-32)42-8-10-7-40-19-15(18(36)33(19)16(10)20(37)38)27-17(35)14(12-9-41-21(23)26-12)29-39-6-13(34)25-11-3-2-4-24-5-11/h2-5,9,15,19H,6-8H2,1H3,(H2,23,26)(H,25,34)(H,27,35)(H,37,38)/t15?,19-/m1/s1. The van der Waals surface area contributed by atoms with Gasteiger partial charge in [0.15, 0.2) is 17.5 Å². The van der Waals surface area contributed by atoms with Gasteiger partial charge in [0.25, 0.3) is 17.7 Å². The fourth-order valence-electron chi connectivity index (χ4n) is 3.89. The number of anilines is 2. The van der Waals surface area contributed by atoms with Crippen LogP contribution in [0.5, 0.6) is 0 Å². The maximum Gasteiger partial charge on any atom is 0.352 e. The van der Waals surface area contributed by atoms with Crippen LogP contribution in [0.25, 0.3) is 0 Å². The van der Waals surface area contributed by atoms with Gasteiger partial charge in [0.2, 0.25) is 5.16 Å². The van der Waals surface area contributed by atoms with Crippen molar-refractivity contribution in [1.82, 2.24) is 40.4 Å². The first-order valence-corrected chi connectivity index (χ1v) is 14.8. The molecule has 3 aromatic rings. The van der Waals surface area contributed by atoms with E-state index in [1.807, 2.05) is 0 Å². The third kappa shape index (κ3) is 6.19. The number of carbonyl (C=O) groups excluding carboxylic acids is 3. The van der Waals surface area contributed by atoms with E-state index in [9.17, 15) is 24.3 Å². The summed E-state index contributed by atoms with van der Waals surface area (Å²) >= 11 is 3.60.